The van der Waals surface area contributed by atoms with Gasteiger partial charge in [0, 0.05) is 6.07 Å². The summed E-state index contributed by atoms with van der Waals surface area (Å²) < 4.78 is 4.94. The average Bonchev–Trinajstić information content (AvgIpc) is 2.85. The molecule has 20 heavy (non-hydrogen) atoms. The van der Waals surface area contributed by atoms with Crippen molar-refractivity contribution in [2.45, 2.75) is 33.2 Å². The SMILES string of the molecule is Cc1cc(C(=O)NC(CC(C)C)c2ccccc2)no1. The highest BCUT2D eigenvalue weighted by Gasteiger charge is 2.19. The van der Waals surface area contributed by atoms with Crippen LogP contribution in [0.25, 0.3) is 0 Å². The molecule has 0 fully saturated rings. The molecule has 0 bridgehead atoms. The normalized spacial score (nSPS) is 12.4. The highest BCUT2D eigenvalue weighted by atomic mass is 16.5. The number of rotatable bonds is 5. The maximum Gasteiger partial charge on any atom is 0.273 e. The van der Waals surface area contributed by atoms with Crippen LogP contribution in [-0.4, -0.2) is 11.1 Å². The first-order valence-corrected chi connectivity index (χ1v) is 6.85. The van der Waals surface area contributed by atoms with E-state index in [9.17, 15) is 4.79 Å². The summed E-state index contributed by atoms with van der Waals surface area (Å²) in [5.41, 5.74) is 1.43. The smallest absolute Gasteiger partial charge is 0.273 e. The number of aryl methyl sites for hydroxylation is 1. The van der Waals surface area contributed by atoms with Gasteiger partial charge in [0.1, 0.15) is 5.76 Å². The van der Waals surface area contributed by atoms with Crippen LogP contribution < -0.4 is 5.32 Å². The molecule has 106 valence electrons. The molecule has 1 aromatic carbocycles. The van der Waals surface area contributed by atoms with Crippen molar-refractivity contribution in [1.82, 2.24) is 10.5 Å². The topological polar surface area (TPSA) is 55.1 Å². The Balaban J connectivity index is 2.14. The number of carbonyl (C=O) groups is 1. The lowest BCUT2D eigenvalue weighted by Gasteiger charge is -2.20. The third-order valence-corrected chi connectivity index (χ3v) is 3.07. The maximum atomic E-state index is 12.2. The zero-order valence-electron chi connectivity index (χ0n) is 12.1. The first kappa shape index (κ1) is 14.3. The highest BCUT2D eigenvalue weighted by molar-refractivity contribution is 5.92. The van der Waals surface area contributed by atoms with E-state index in [0.717, 1.165) is 12.0 Å². The van der Waals surface area contributed by atoms with E-state index in [1.165, 1.54) is 0 Å². The molecule has 0 aliphatic heterocycles. The Morgan fingerprint density at radius 3 is 2.55 bits per heavy atom. The summed E-state index contributed by atoms with van der Waals surface area (Å²) in [5.74, 6) is 0.922. The van der Waals surface area contributed by atoms with Crippen LogP contribution in [0, 0.1) is 12.8 Å². The molecule has 1 amide bonds. The van der Waals surface area contributed by atoms with Gasteiger partial charge >= 0.3 is 0 Å². The van der Waals surface area contributed by atoms with Crippen molar-refractivity contribution >= 4 is 5.91 Å². The van der Waals surface area contributed by atoms with E-state index < -0.39 is 0 Å². The number of nitrogens with zero attached hydrogens (tertiary/aromatic N) is 1. The number of hydrogen-bond acceptors (Lipinski definition) is 3. The first-order valence-electron chi connectivity index (χ1n) is 6.85. The Bertz CT molecular complexity index is 561. The van der Waals surface area contributed by atoms with Crippen LogP contribution in [0.4, 0.5) is 0 Å². The minimum Gasteiger partial charge on any atom is -0.361 e. The molecule has 0 radical (unpaired) electrons. The van der Waals surface area contributed by atoms with Crippen LogP contribution in [0.1, 0.15) is 48.1 Å². The Hall–Kier alpha value is -2.10. The molecule has 1 heterocycles. The number of benzene rings is 1. The largest absolute Gasteiger partial charge is 0.361 e. The fraction of sp³-hybridized carbons (Fsp3) is 0.375. The fourth-order valence-corrected chi connectivity index (χ4v) is 2.14. The Labute approximate surface area is 119 Å². The molecule has 2 rings (SSSR count). The number of hydrogen-bond donors (Lipinski definition) is 1. The molecule has 0 aliphatic rings. The fourth-order valence-electron chi connectivity index (χ4n) is 2.14. The molecule has 0 saturated carbocycles. The van der Waals surface area contributed by atoms with Crippen molar-refractivity contribution in [2.75, 3.05) is 0 Å². The molecule has 4 heteroatoms. The second-order valence-corrected chi connectivity index (χ2v) is 5.39. The molecule has 0 aliphatic carbocycles. The van der Waals surface area contributed by atoms with Gasteiger partial charge in [0.15, 0.2) is 5.69 Å². The minimum absolute atomic E-state index is 0.0132. The van der Waals surface area contributed by atoms with E-state index in [1.54, 1.807) is 13.0 Å². The molecule has 2 aromatic rings. The number of carbonyl (C=O) groups excluding carboxylic acids is 1. The molecule has 1 unspecified atom stereocenters. The standard InChI is InChI=1S/C16H20N2O2/c1-11(2)9-14(13-7-5-4-6-8-13)17-16(19)15-10-12(3)20-18-15/h4-8,10-11,14H,9H2,1-3H3,(H,17,19). The van der Waals surface area contributed by atoms with Crippen molar-refractivity contribution in [2.24, 2.45) is 5.92 Å². The summed E-state index contributed by atoms with van der Waals surface area (Å²) in [6, 6.07) is 11.6. The summed E-state index contributed by atoms with van der Waals surface area (Å²) in [4.78, 5) is 12.2. The molecule has 1 atom stereocenters. The van der Waals surface area contributed by atoms with Crippen LogP contribution in [0.5, 0.6) is 0 Å². The average molecular weight is 272 g/mol. The van der Waals surface area contributed by atoms with Crippen LogP contribution in [0.15, 0.2) is 40.9 Å². The van der Waals surface area contributed by atoms with Gasteiger partial charge in [-0.1, -0.05) is 49.3 Å². The minimum atomic E-state index is -0.198. The van der Waals surface area contributed by atoms with Crippen molar-refractivity contribution in [1.29, 1.82) is 0 Å². The molecule has 0 saturated heterocycles. The van der Waals surface area contributed by atoms with Gasteiger partial charge < -0.3 is 9.84 Å². The number of nitrogens with one attached hydrogen (secondary N) is 1. The second kappa shape index (κ2) is 6.37. The van der Waals surface area contributed by atoms with E-state index in [1.807, 2.05) is 30.3 Å². The van der Waals surface area contributed by atoms with Crippen LogP contribution in [0.2, 0.25) is 0 Å². The first-order chi connectivity index (χ1) is 9.56. The van der Waals surface area contributed by atoms with Crippen molar-refractivity contribution in [3.8, 4) is 0 Å². The van der Waals surface area contributed by atoms with Gasteiger partial charge in [-0.05, 0) is 24.8 Å². The van der Waals surface area contributed by atoms with Crippen LogP contribution >= 0.6 is 0 Å². The highest BCUT2D eigenvalue weighted by Crippen LogP contribution is 2.21. The summed E-state index contributed by atoms with van der Waals surface area (Å²) in [7, 11) is 0. The molecule has 1 N–H and O–H groups in total. The van der Waals surface area contributed by atoms with E-state index in [4.69, 9.17) is 4.52 Å². The van der Waals surface area contributed by atoms with Crippen molar-refractivity contribution in [3.63, 3.8) is 0 Å². The Morgan fingerprint density at radius 1 is 1.30 bits per heavy atom. The second-order valence-electron chi connectivity index (χ2n) is 5.39. The van der Waals surface area contributed by atoms with Gasteiger partial charge in [-0.2, -0.15) is 0 Å². The predicted octanol–water partition coefficient (Wildman–Crippen LogP) is 3.50. The lowest BCUT2D eigenvalue weighted by atomic mass is 9.97. The Morgan fingerprint density at radius 2 is 2.00 bits per heavy atom. The molecular formula is C16H20N2O2. The van der Waals surface area contributed by atoms with E-state index in [-0.39, 0.29) is 11.9 Å². The van der Waals surface area contributed by atoms with Gasteiger partial charge in [0.2, 0.25) is 0 Å². The molecular weight excluding hydrogens is 252 g/mol. The van der Waals surface area contributed by atoms with Gasteiger partial charge in [-0.3, -0.25) is 4.79 Å². The van der Waals surface area contributed by atoms with Crippen molar-refractivity contribution in [3.05, 3.63) is 53.4 Å². The zero-order valence-corrected chi connectivity index (χ0v) is 12.1. The van der Waals surface area contributed by atoms with Gasteiger partial charge in [-0.15, -0.1) is 0 Å². The quantitative estimate of drug-likeness (QED) is 0.906. The lowest BCUT2D eigenvalue weighted by Crippen LogP contribution is -2.29. The monoisotopic (exact) mass is 272 g/mol. The number of aromatic nitrogens is 1. The third-order valence-electron chi connectivity index (χ3n) is 3.07. The van der Waals surface area contributed by atoms with E-state index >= 15 is 0 Å². The van der Waals surface area contributed by atoms with Gasteiger partial charge in [0.25, 0.3) is 5.91 Å². The predicted molar refractivity (Wildman–Crippen MR) is 77.3 cm³/mol. The lowest BCUT2D eigenvalue weighted by molar-refractivity contribution is 0.0922. The maximum absolute atomic E-state index is 12.2. The van der Waals surface area contributed by atoms with Crippen molar-refractivity contribution < 1.29 is 9.32 Å². The molecule has 4 nitrogen and oxygen atoms in total. The summed E-state index contributed by atoms with van der Waals surface area (Å²) in [6.45, 7) is 6.05. The van der Waals surface area contributed by atoms with E-state index in [2.05, 4.69) is 24.3 Å². The summed E-state index contributed by atoms with van der Waals surface area (Å²) >= 11 is 0. The van der Waals surface area contributed by atoms with Gasteiger partial charge in [-0.25, -0.2) is 0 Å². The molecule has 1 aromatic heterocycles. The zero-order chi connectivity index (χ0) is 14.5. The third kappa shape index (κ3) is 3.70. The summed E-state index contributed by atoms with van der Waals surface area (Å²) in [5, 5.41) is 6.79. The number of amides is 1. The van der Waals surface area contributed by atoms with Crippen LogP contribution in [-0.2, 0) is 0 Å². The van der Waals surface area contributed by atoms with Gasteiger partial charge in [0.05, 0.1) is 6.04 Å². The summed E-state index contributed by atoms with van der Waals surface area (Å²) in [6.07, 6.45) is 0.882. The molecule has 0 spiro atoms. The van der Waals surface area contributed by atoms with Crippen LogP contribution in [0.3, 0.4) is 0 Å². The van der Waals surface area contributed by atoms with E-state index in [0.29, 0.717) is 17.4 Å². The Kier molecular flexibility index (Phi) is 4.56.